The second-order valence-corrected chi connectivity index (χ2v) is 2.56. The molecule has 84 valence electrons. The molecule has 14 heavy (non-hydrogen) atoms. The molecule has 0 aromatic heterocycles. The van der Waals surface area contributed by atoms with Crippen LogP contribution in [0.4, 0.5) is 13.2 Å². The topological polar surface area (TPSA) is 64.3 Å². The van der Waals surface area contributed by atoms with E-state index in [0.29, 0.717) is 13.1 Å². The number of nitrogens with one attached hydrogen (secondary N) is 1. The fourth-order valence-corrected chi connectivity index (χ4v) is 0.653. The van der Waals surface area contributed by atoms with Crippen molar-refractivity contribution in [2.24, 2.45) is 5.73 Å². The SMILES string of the molecule is NCCNC(=O)CCOCC(F)(F)F. The van der Waals surface area contributed by atoms with E-state index in [9.17, 15) is 18.0 Å². The molecule has 0 rings (SSSR count). The molecule has 0 fully saturated rings. The van der Waals surface area contributed by atoms with Crippen molar-refractivity contribution in [1.29, 1.82) is 0 Å². The standard InChI is InChI=1S/C7H13F3N2O2/c8-7(9,10)5-14-4-1-6(13)12-3-2-11/h1-5,11H2,(H,12,13). The Labute approximate surface area is 79.6 Å². The van der Waals surface area contributed by atoms with Crippen molar-refractivity contribution in [3.8, 4) is 0 Å². The van der Waals surface area contributed by atoms with Crippen molar-refractivity contribution in [1.82, 2.24) is 5.32 Å². The number of carbonyl (C=O) groups excluding carboxylic acids is 1. The van der Waals surface area contributed by atoms with E-state index in [1.165, 1.54) is 0 Å². The van der Waals surface area contributed by atoms with Crippen LogP contribution < -0.4 is 11.1 Å². The number of halogens is 3. The van der Waals surface area contributed by atoms with Gasteiger partial charge in [0, 0.05) is 19.5 Å². The first-order chi connectivity index (χ1) is 6.45. The molecular weight excluding hydrogens is 201 g/mol. The number of hydrogen-bond donors (Lipinski definition) is 2. The number of alkyl halides is 3. The highest BCUT2D eigenvalue weighted by molar-refractivity contribution is 5.75. The third kappa shape index (κ3) is 9.27. The molecule has 0 heterocycles. The lowest BCUT2D eigenvalue weighted by molar-refractivity contribution is -0.174. The van der Waals surface area contributed by atoms with Gasteiger partial charge >= 0.3 is 6.18 Å². The fourth-order valence-electron chi connectivity index (χ4n) is 0.653. The Kier molecular flexibility index (Phi) is 6.22. The Balaban J connectivity index is 3.32. The summed E-state index contributed by atoms with van der Waals surface area (Å²) in [6.07, 6.45) is -4.43. The van der Waals surface area contributed by atoms with Gasteiger partial charge < -0.3 is 15.8 Å². The molecule has 0 atom stereocenters. The maximum atomic E-state index is 11.5. The van der Waals surface area contributed by atoms with Crippen molar-refractivity contribution in [2.45, 2.75) is 12.6 Å². The number of carbonyl (C=O) groups is 1. The van der Waals surface area contributed by atoms with Crippen LogP contribution in [0.2, 0.25) is 0 Å². The maximum Gasteiger partial charge on any atom is 0.411 e. The number of hydrogen-bond acceptors (Lipinski definition) is 3. The van der Waals surface area contributed by atoms with Crippen LogP contribution in [0.5, 0.6) is 0 Å². The van der Waals surface area contributed by atoms with Crippen LogP contribution in [0, 0.1) is 0 Å². The van der Waals surface area contributed by atoms with E-state index < -0.39 is 12.8 Å². The van der Waals surface area contributed by atoms with Crippen molar-refractivity contribution >= 4 is 5.91 Å². The monoisotopic (exact) mass is 214 g/mol. The smallest absolute Gasteiger partial charge is 0.372 e. The van der Waals surface area contributed by atoms with Crippen molar-refractivity contribution in [3.63, 3.8) is 0 Å². The Morgan fingerprint density at radius 3 is 2.57 bits per heavy atom. The number of rotatable bonds is 6. The van der Waals surface area contributed by atoms with Gasteiger partial charge in [-0.05, 0) is 0 Å². The van der Waals surface area contributed by atoms with Crippen LogP contribution in [0.1, 0.15) is 6.42 Å². The lowest BCUT2D eigenvalue weighted by atomic mass is 10.4. The van der Waals surface area contributed by atoms with Gasteiger partial charge in [0.15, 0.2) is 0 Å². The van der Waals surface area contributed by atoms with Crippen LogP contribution in [-0.4, -0.2) is 38.4 Å². The highest BCUT2D eigenvalue weighted by atomic mass is 19.4. The molecule has 0 bridgehead atoms. The first kappa shape index (κ1) is 13.2. The Morgan fingerprint density at radius 2 is 2.07 bits per heavy atom. The van der Waals surface area contributed by atoms with Crippen molar-refractivity contribution < 1.29 is 22.7 Å². The molecule has 1 amide bonds. The molecule has 4 nitrogen and oxygen atoms in total. The molecule has 0 aliphatic carbocycles. The maximum absolute atomic E-state index is 11.5. The molecular formula is C7H13F3N2O2. The zero-order valence-electron chi connectivity index (χ0n) is 7.56. The summed E-state index contributed by atoms with van der Waals surface area (Å²) in [5.74, 6) is -0.363. The minimum Gasteiger partial charge on any atom is -0.372 e. The van der Waals surface area contributed by atoms with Crippen LogP contribution in [0.25, 0.3) is 0 Å². The molecule has 0 aromatic rings. The van der Waals surface area contributed by atoms with E-state index in [1.54, 1.807) is 0 Å². The number of amides is 1. The molecule has 0 saturated carbocycles. The lowest BCUT2D eigenvalue weighted by Gasteiger charge is -2.07. The first-order valence-electron chi connectivity index (χ1n) is 4.07. The predicted octanol–water partition coefficient (Wildman–Crippen LogP) is 0.0303. The van der Waals surface area contributed by atoms with Gasteiger partial charge in [0.1, 0.15) is 6.61 Å². The summed E-state index contributed by atoms with van der Waals surface area (Å²) < 4.78 is 38.9. The molecule has 3 N–H and O–H groups in total. The van der Waals surface area contributed by atoms with E-state index in [0.717, 1.165) is 0 Å². The lowest BCUT2D eigenvalue weighted by Crippen LogP contribution is -2.30. The molecule has 7 heteroatoms. The highest BCUT2D eigenvalue weighted by Crippen LogP contribution is 2.14. The second-order valence-electron chi connectivity index (χ2n) is 2.56. The average Bonchev–Trinajstić information content (AvgIpc) is 2.07. The van der Waals surface area contributed by atoms with Gasteiger partial charge in [-0.15, -0.1) is 0 Å². The summed E-state index contributed by atoms with van der Waals surface area (Å²) in [7, 11) is 0. The van der Waals surface area contributed by atoms with Gasteiger partial charge in [0.05, 0.1) is 6.61 Å². The second kappa shape index (κ2) is 6.61. The van der Waals surface area contributed by atoms with Crippen LogP contribution in [0.15, 0.2) is 0 Å². The molecule has 0 aliphatic heterocycles. The Hall–Kier alpha value is -0.820. The first-order valence-corrected chi connectivity index (χ1v) is 4.07. The zero-order valence-corrected chi connectivity index (χ0v) is 7.56. The Bertz CT molecular complexity index is 173. The van der Waals surface area contributed by atoms with Crippen LogP contribution in [-0.2, 0) is 9.53 Å². The van der Waals surface area contributed by atoms with Gasteiger partial charge in [-0.25, -0.2) is 0 Å². The minimum absolute atomic E-state index is 0.0872. The van der Waals surface area contributed by atoms with Gasteiger partial charge in [-0.3, -0.25) is 4.79 Å². The fraction of sp³-hybridized carbons (Fsp3) is 0.857. The van der Waals surface area contributed by atoms with Crippen molar-refractivity contribution in [2.75, 3.05) is 26.3 Å². The van der Waals surface area contributed by atoms with Crippen LogP contribution >= 0.6 is 0 Å². The van der Waals surface area contributed by atoms with E-state index in [2.05, 4.69) is 10.1 Å². The van der Waals surface area contributed by atoms with E-state index in [1.807, 2.05) is 0 Å². The average molecular weight is 214 g/mol. The number of ether oxygens (including phenoxy) is 1. The minimum atomic E-state index is -4.34. The van der Waals surface area contributed by atoms with Crippen LogP contribution in [0.3, 0.4) is 0 Å². The molecule has 0 aromatic carbocycles. The van der Waals surface area contributed by atoms with E-state index >= 15 is 0 Å². The molecule has 0 spiro atoms. The normalized spacial score (nSPS) is 11.4. The van der Waals surface area contributed by atoms with E-state index in [4.69, 9.17) is 5.73 Å². The molecule has 0 radical (unpaired) electrons. The summed E-state index contributed by atoms with van der Waals surface area (Å²) >= 11 is 0. The van der Waals surface area contributed by atoms with Gasteiger partial charge in [-0.1, -0.05) is 0 Å². The highest BCUT2D eigenvalue weighted by Gasteiger charge is 2.27. The van der Waals surface area contributed by atoms with Gasteiger partial charge in [-0.2, -0.15) is 13.2 Å². The third-order valence-corrected chi connectivity index (χ3v) is 1.21. The van der Waals surface area contributed by atoms with Gasteiger partial charge in [0.25, 0.3) is 0 Å². The van der Waals surface area contributed by atoms with Crippen molar-refractivity contribution in [3.05, 3.63) is 0 Å². The Morgan fingerprint density at radius 1 is 1.43 bits per heavy atom. The molecule has 0 aliphatic rings. The summed E-state index contributed by atoms with van der Waals surface area (Å²) in [5.41, 5.74) is 5.09. The number of nitrogens with two attached hydrogens (primary N) is 1. The molecule has 0 saturated heterocycles. The predicted molar refractivity (Wildman–Crippen MR) is 43.6 cm³/mol. The summed E-state index contributed by atoms with van der Waals surface area (Å²) in [6.45, 7) is -0.944. The van der Waals surface area contributed by atoms with Gasteiger partial charge in [0.2, 0.25) is 5.91 Å². The summed E-state index contributed by atoms with van der Waals surface area (Å²) in [5, 5.41) is 2.40. The summed E-state index contributed by atoms with van der Waals surface area (Å²) in [6, 6.07) is 0. The zero-order chi connectivity index (χ0) is 11.0. The van der Waals surface area contributed by atoms with E-state index in [-0.39, 0.29) is 18.9 Å². The summed E-state index contributed by atoms with van der Waals surface area (Å²) in [4.78, 5) is 10.8. The third-order valence-electron chi connectivity index (χ3n) is 1.21. The largest absolute Gasteiger partial charge is 0.411 e. The quantitative estimate of drug-likeness (QED) is 0.613. The molecule has 0 unspecified atom stereocenters.